The molecule has 0 aliphatic carbocycles. The molecule has 0 spiro atoms. The number of nitrogens with one attached hydrogen (secondary N) is 1. The minimum atomic E-state index is 0.279. The number of nitrogens with zero attached hydrogens (tertiary/aromatic N) is 2. The second kappa shape index (κ2) is 5.91. The predicted octanol–water partition coefficient (Wildman–Crippen LogP) is 4.31. The average Bonchev–Trinajstić information content (AvgIpc) is 3.25. The number of ether oxygens (including phenoxy) is 1. The van der Waals surface area contributed by atoms with Gasteiger partial charge in [0.2, 0.25) is 0 Å². The molecule has 1 aliphatic rings. The summed E-state index contributed by atoms with van der Waals surface area (Å²) in [6.45, 7) is 1.65. The molecule has 0 bridgehead atoms. The maximum Gasteiger partial charge on any atom is 0.139 e. The zero-order valence-electron chi connectivity index (χ0n) is 12.0. The number of imidazole rings is 1. The van der Waals surface area contributed by atoms with Crippen LogP contribution in [0.3, 0.4) is 0 Å². The van der Waals surface area contributed by atoms with Crippen LogP contribution in [0.4, 0.5) is 5.82 Å². The lowest BCUT2D eigenvalue weighted by Gasteiger charge is -2.12. The molecule has 0 amide bonds. The van der Waals surface area contributed by atoms with Crippen LogP contribution in [0.1, 0.15) is 12.8 Å². The molecule has 4 heterocycles. The zero-order valence-corrected chi connectivity index (χ0v) is 13.5. The van der Waals surface area contributed by atoms with Crippen LogP contribution in [0.2, 0.25) is 5.02 Å². The van der Waals surface area contributed by atoms with Crippen LogP contribution in [0.15, 0.2) is 35.8 Å². The summed E-state index contributed by atoms with van der Waals surface area (Å²) in [5.74, 6) is 0.982. The third-order valence-corrected chi connectivity index (χ3v) is 4.96. The smallest absolute Gasteiger partial charge is 0.139 e. The molecule has 0 unspecified atom stereocenters. The van der Waals surface area contributed by atoms with Crippen molar-refractivity contribution in [2.24, 2.45) is 0 Å². The Labute approximate surface area is 137 Å². The van der Waals surface area contributed by atoms with Crippen LogP contribution in [0.25, 0.3) is 16.2 Å². The number of aromatic nitrogens is 2. The van der Waals surface area contributed by atoms with Gasteiger partial charge in [0.05, 0.1) is 16.0 Å². The SMILES string of the molecule is Clc1ccc2nc(-c3cccs3)c(NC[C@@H]3CCCO3)n2c1. The Morgan fingerprint density at radius 2 is 2.36 bits per heavy atom. The average molecular weight is 334 g/mol. The highest BCUT2D eigenvalue weighted by Gasteiger charge is 2.19. The largest absolute Gasteiger partial charge is 0.376 e. The number of fused-ring (bicyclic) bond motifs is 1. The molecule has 114 valence electrons. The molecule has 22 heavy (non-hydrogen) atoms. The van der Waals surface area contributed by atoms with Crippen LogP contribution in [-0.4, -0.2) is 28.6 Å². The molecule has 1 saturated heterocycles. The van der Waals surface area contributed by atoms with Gasteiger partial charge in [-0.15, -0.1) is 11.3 Å². The lowest BCUT2D eigenvalue weighted by Crippen LogP contribution is -2.19. The van der Waals surface area contributed by atoms with Gasteiger partial charge >= 0.3 is 0 Å². The fourth-order valence-electron chi connectivity index (χ4n) is 2.79. The van der Waals surface area contributed by atoms with Gasteiger partial charge in [-0.2, -0.15) is 0 Å². The van der Waals surface area contributed by atoms with Gasteiger partial charge in [-0.3, -0.25) is 4.40 Å². The molecule has 4 rings (SSSR count). The van der Waals surface area contributed by atoms with Gasteiger partial charge in [-0.1, -0.05) is 17.7 Å². The maximum absolute atomic E-state index is 6.15. The number of pyridine rings is 1. The summed E-state index contributed by atoms with van der Waals surface area (Å²) in [4.78, 5) is 5.90. The molecule has 1 atom stereocenters. The van der Waals surface area contributed by atoms with E-state index < -0.39 is 0 Å². The lowest BCUT2D eigenvalue weighted by atomic mass is 10.2. The standard InChI is InChI=1S/C16H16ClN3OS/c17-11-5-6-14-19-15(13-4-2-8-22-13)16(20(14)10-11)18-9-12-3-1-7-21-12/h2,4-6,8,10,12,18H,1,3,7,9H2/t12-/m0/s1. The van der Waals surface area contributed by atoms with Crippen molar-refractivity contribution in [3.05, 3.63) is 40.9 Å². The molecule has 1 fully saturated rings. The van der Waals surface area contributed by atoms with Crippen molar-refractivity contribution in [2.45, 2.75) is 18.9 Å². The van der Waals surface area contributed by atoms with Gasteiger partial charge in [0.1, 0.15) is 17.2 Å². The van der Waals surface area contributed by atoms with Gasteiger partial charge in [0.15, 0.2) is 0 Å². The fourth-order valence-corrected chi connectivity index (χ4v) is 3.66. The van der Waals surface area contributed by atoms with E-state index in [0.717, 1.165) is 48.0 Å². The number of rotatable bonds is 4. The normalized spacial score (nSPS) is 18.1. The Kier molecular flexibility index (Phi) is 3.78. The summed E-state index contributed by atoms with van der Waals surface area (Å²) in [6.07, 6.45) is 4.43. The van der Waals surface area contributed by atoms with E-state index in [0.29, 0.717) is 5.02 Å². The Morgan fingerprint density at radius 1 is 1.41 bits per heavy atom. The van der Waals surface area contributed by atoms with Crippen molar-refractivity contribution in [1.82, 2.24) is 9.38 Å². The minimum absolute atomic E-state index is 0.279. The Bertz CT molecular complexity index is 778. The molecule has 4 nitrogen and oxygen atoms in total. The highest BCUT2D eigenvalue weighted by Crippen LogP contribution is 2.32. The Morgan fingerprint density at radius 3 is 3.14 bits per heavy atom. The number of hydrogen-bond donors (Lipinski definition) is 1. The minimum Gasteiger partial charge on any atom is -0.376 e. The molecule has 0 saturated carbocycles. The first-order valence-electron chi connectivity index (χ1n) is 7.38. The first kappa shape index (κ1) is 14.1. The highest BCUT2D eigenvalue weighted by molar-refractivity contribution is 7.13. The third-order valence-electron chi connectivity index (χ3n) is 3.86. The first-order valence-corrected chi connectivity index (χ1v) is 8.64. The van der Waals surface area contributed by atoms with Gasteiger partial charge < -0.3 is 10.1 Å². The third kappa shape index (κ3) is 2.60. The van der Waals surface area contributed by atoms with E-state index in [9.17, 15) is 0 Å². The zero-order chi connectivity index (χ0) is 14.9. The molecule has 6 heteroatoms. The van der Waals surface area contributed by atoms with Crippen molar-refractivity contribution in [2.75, 3.05) is 18.5 Å². The van der Waals surface area contributed by atoms with E-state index in [1.54, 1.807) is 11.3 Å². The molecule has 1 aliphatic heterocycles. The van der Waals surface area contributed by atoms with Crippen LogP contribution < -0.4 is 5.32 Å². The van der Waals surface area contributed by atoms with Gasteiger partial charge in [-0.25, -0.2) is 4.98 Å². The van der Waals surface area contributed by atoms with Crippen molar-refractivity contribution < 1.29 is 4.74 Å². The topological polar surface area (TPSA) is 38.6 Å². The second-order valence-electron chi connectivity index (χ2n) is 5.38. The van der Waals surface area contributed by atoms with Gasteiger partial charge in [0, 0.05) is 19.3 Å². The van der Waals surface area contributed by atoms with Crippen molar-refractivity contribution in [3.63, 3.8) is 0 Å². The van der Waals surface area contributed by atoms with Crippen molar-refractivity contribution in [1.29, 1.82) is 0 Å². The molecule has 0 radical (unpaired) electrons. The van der Waals surface area contributed by atoms with E-state index >= 15 is 0 Å². The summed E-state index contributed by atoms with van der Waals surface area (Å²) in [6, 6.07) is 7.94. The lowest BCUT2D eigenvalue weighted by molar-refractivity contribution is 0.120. The number of anilines is 1. The second-order valence-corrected chi connectivity index (χ2v) is 6.76. The first-order chi connectivity index (χ1) is 10.8. The quantitative estimate of drug-likeness (QED) is 0.773. The van der Waals surface area contributed by atoms with E-state index in [2.05, 4.69) is 16.8 Å². The van der Waals surface area contributed by atoms with Crippen LogP contribution in [0, 0.1) is 0 Å². The predicted molar refractivity (Wildman–Crippen MR) is 91.0 cm³/mol. The Hall–Kier alpha value is -1.56. The number of thiophene rings is 1. The van der Waals surface area contributed by atoms with E-state index in [4.69, 9.17) is 21.3 Å². The summed E-state index contributed by atoms with van der Waals surface area (Å²) < 4.78 is 7.72. The maximum atomic E-state index is 6.15. The Balaban J connectivity index is 1.74. The van der Waals surface area contributed by atoms with Gasteiger partial charge in [-0.05, 0) is 36.4 Å². The van der Waals surface area contributed by atoms with Crippen LogP contribution in [0.5, 0.6) is 0 Å². The molecule has 0 aromatic carbocycles. The summed E-state index contributed by atoms with van der Waals surface area (Å²) in [5, 5.41) is 6.28. The van der Waals surface area contributed by atoms with E-state index in [-0.39, 0.29) is 6.10 Å². The molecule has 1 N–H and O–H groups in total. The van der Waals surface area contributed by atoms with E-state index in [1.165, 1.54) is 0 Å². The summed E-state index contributed by atoms with van der Waals surface area (Å²) in [5.41, 5.74) is 1.86. The fraction of sp³-hybridized carbons (Fsp3) is 0.312. The molecular formula is C16H16ClN3OS. The van der Waals surface area contributed by atoms with Gasteiger partial charge in [0.25, 0.3) is 0 Å². The monoisotopic (exact) mass is 333 g/mol. The van der Waals surface area contributed by atoms with E-state index in [1.807, 2.05) is 28.8 Å². The van der Waals surface area contributed by atoms with Crippen molar-refractivity contribution >= 4 is 34.4 Å². The molecule has 3 aromatic rings. The number of hydrogen-bond acceptors (Lipinski definition) is 4. The van der Waals surface area contributed by atoms with Crippen LogP contribution in [-0.2, 0) is 4.74 Å². The van der Waals surface area contributed by atoms with Crippen LogP contribution >= 0.6 is 22.9 Å². The summed E-state index contributed by atoms with van der Waals surface area (Å²) >= 11 is 7.84. The van der Waals surface area contributed by atoms with Crippen molar-refractivity contribution in [3.8, 4) is 10.6 Å². The molecule has 3 aromatic heterocycles. The summed E-state index contributed by atoms with van der Waals surface area (Å²) in [7, 11) is 0. The highest BCUT2D eigenvalue weighted by atomic mass is 35.5. The number of halogens is 1. The molecular weight excluding hydrogens is 318 g/mol.